The standard InChI is InChI=1S/C20H24N6OS/c1-13-7-5-6-8-14(13)11-17(27)26-10-9-16-15(12-26)18(23-25(16)3)19-21-22-20(28-4)24(19)2/h5-8H,9-12H2,1-4H3. The summed E-state index contributed by atoms with van der Waals surface area (Å²) in [5.41, 5.74) is 5.31. The number of hydrogen-bond donors (Lipinski definition) is 0. The SMILES string of the molecule is CSc1nnc(-c2nn(C)c3c2CN(C(=O)Cc2ccccc2C)CC3)n1C. The van der Waals surface area contributed by atoms with Gasteiger partial charge in [-0.25, -0.2) is 0 Å². The van der Waals surface area contributed by atoms with Crippen LogP contribution in [-0.2, 0) is 38.3 Å². The van der Waals surface area contributed by atoms with Gasteiger partial charge in [0.2, 0.25) is 5.91 Å². The highest BCUT2D eigenvalue weighted by atomic mass is 32.2. The van der Waals surface area contributed by atoms with E-state index < -0.39 is 0 Å². The second kappa shape index (κ2) is 7.43. The lowest BCUT2D eigenvalue weighted by Gasteiger charge is -2.28. The Morgan fingerprint density at radius 1 is 1.21 bits per heavy atom. The Bertz CT molecular complexity index is 1040. The van der Waals surface area contributed by atoms with Crippen LogP contribution in [0.2, 0.25) is 0 Å². The van der Waals surface area contributed by atoms with Crippen molar-refractivity contribution in [3.63, 3.8) is 0 Å². The Kier molecular flexibility index (Phi) is 4.97. The molecule has 146 valence electrons. The molecule has 4 rings (SSSR count). The van der Waals surface area contributed by atoms with Crippen LogP contribution in [0.15, 0.2) is 29.4 Å². The fourth-order valence-corrected chi connectivity index (χ4v) is 4.25. The highest BCUT2D eigenvalue weighted by molar-refractivity contribution is 7.98. The van der Waals surface area contributed by atoms with Crippen molar-refractivity contribution in [3.05, 3.63) is 46.6 Å². The molecule has 3 aromatic rings. The van der Waals surface area contributed by atoms with E-state index in [1.54, 1.807) is 11.8 Å². The molecule has 0 aliphatic carbocycles. The van der Waals surface area contributed by atoms with Crippen molar-refractivity contribution in [2.45, 2.75) is 31.5 Å². The normalized spacial score (nSPS) is 13.6. The van der Waals surface area contributed by atoms with Crippen LogP contribution in [0.5, 0.6) is 0 Å². The van der Waals surface area contributed by atoms with Gasteiger partial charge in [0.25, 0.3) is 0 Å². The molecular weight excluding hydrogens is 372 g/mol. The molecule has 28 heavy (non-hydrogen) atoms. The van der Waals surface area contributed by atoms with E-state index in [0.717, 1.165) is 39.8 Å². The molecular formula is C20H24N6OS. The lowest BCUT2D eigenvalue weighted by atomic mass is 10.0. The van der Waals surface area contributed by atoms with Crippen molar-refractivity contribution in [2.24, 2.45) is 14.1 Å². The number of aromatic nitrogens is 5. The Balaban J connectivity index is 1.62. The minimum atomic E-state index is 0.150. The van der Waals surface area contributed by atoms with Gasteiger partial charge in [0.1, 0.15) is 5.69 Å². The zero-order valence-corrected chi connectivity index (χ0v) is 17.5. The maximum Gasteiger partial charge on any atom is 0.227 e. The van der Waals surface area contributed by atoms with E-state index in [1.807, 2.05) is 65.7 Å². The molecule has 0 atom stereocenters. The first-order valence-corrected chi connectivity index (χ1v) is 10.5. The van der Waals surface area contributed by atoms with E-state index in [2.05, 4.69) is 10.2 Å². The van der Waals surface area contributed by atoms with Gasteiger partial charge in [0.05, 0.1) is 6.42 Å². The number of thioether (sulfide) groups is 1. The smallest absolute Gasteiger partial charge is 0.227 e. The fourth-order valence-electron chi connectivity index (χ4n) is 3.77. The summed E-state index contributed by atoms with van der Waals surface area (Å²) in [6.07, 6.45) is 3.21. The van der Waals surface area contributed by atoms with Crippen molar-refractivity contribution in [1.82, 2.24) is 29.4 Å². The van der Waals surface area contributed by atoms with E-state index >= 15 is 0 Å². The second-order valence-electron chi connectivity index (χ2n) is 7.14. The zero-order chi connectivity index (χ0) is 19.8. The monoisotopic (exact) mass is 396 g/mol. The summed E-state index contributed by atoms with van der Waals surface area (Å²) in [7, 11) is 3.91. The van der Waals surface area contributed by atoms with Crippen molar-refractivity contribution in [2.75, 3.05) is 12.8 Å². The van der Waals surface area contributed by atoms with Gasteiger partial charge in [-0.15, -0.1) is 10.2 Å². The van der Waals surface area contributed by atoms with Gasteiger partial charge in [-0.3, -0.25) is 9.48 Å². The number of rotatable bonds is 4. The summed E-state index contributed by atoms with van der Waals surface area (Å²) in [6, 6.07) is 8.07. The molecule has 0 unspecified atom stereocenters. The van der Waals surface area contributed by atoms with Gasteiger partial charge in [0, 0.05) is 44.9 Å². The summed E-state index contributed by atoms with van der Waals surface area (Å²) in [5.74, 6) is 0.895. The molecule has 1 aromatic carbocycles. The topological polar surface area (TPSA) is 68.8 Å². The molecule has 7 nitrogen and oxygen atoms in total. The number of nitrogens with zero attached hydrogens (tertiary/aromatic N) is 6. The van der Waals surface area contributed by atoms with Gasteiger partial charge in [-0.1, -0.05) is 36.0 Å². The van der Waals surface area contributed by atoms with E-state index in [4.69, 9.17) is 5.10 Å². The lowest BCUT2D eigenvalue weighted by molar-refractivity contribution is -0.131. The predicted molar refractivity (Wildman–Crippen MR) is 109 cm³/mol. The number of carbonyl (C=O) groups is 1. The van der Waals surface area contributed by atoms with Crippen molar-refractivity contribution >= 4 is 17.7 Å². The molecule has 0 radical (unpaired) electrons. The quantitative estimate of drug-likeness (QED) is 0.634. The predicted octanol–water partition coefficient (Wildman–Crippen LogP) is 2.37. The summed E-state index contributed by atoms with van der Waals surface area (Å²) in [5, 5.41) is 14.1. The minimum Gasteiger partial charge on any atom is -0.338 e. The summed E-state index contributed by atoms with van der Waals surface area (Å²) in [6.45, 7) is 3.32. The maximum absolute atomic E-state index is 13.0. The van der Waals surface area contributed by atoms with Gasteiger partial charge in [-0.2, -0.15) is 5.10 Å². The van der Waals surface area contributed by atoms with Gasteiger partial charge < -0.3 is 9.47 Å². The summed E-state index contributed by atoms with van der Waals surface area (Å²) >= 11 is 1.55. The molecule has 1 amide bonds. The fraction of sp³-hybridized carbons (Fsp3) is 0.400. The third-order valence-corrected chi connectivity index (χ3v) is 6.15. The number of amides is 1. The molecule has 0 saturated heterocycles. The largest absolute Gasteiger partial charge is 0.338 e. The highest BCUT2D eigenvalue weighted by Crippen LogP contribution is 2.30. The summed E-state index contributed by atoms with van der Waals surface area (Å²) in [4.78, 5) is 14.9. The van der Waals surface area contributed by atoms with Crippen LogP contribution in [0, 0.1) is 6.92 Å². The molecule has 1 aliphatic heterocycles. The number of hydrogen-bond acceptors (Lipinski definition) is 5. The molecule has 0 N–H and O–H groups in total. The third-order valence-electron chi connectivity index (χ3n) is 5.43. The third kappa shape index (κ3) is 3.22. The Morgan fingerprint density at radius 3 is 2.71 bits per heavy atom. The van der Waals surface area contributed by atoms with E-state index in [9.17, 15) is 4.79 Å². The number of aryl methyl sites for hydroxylation is 2. The lowest BCUT2D eigenvalue weighted by Crippen LogP contribution is -2.37. The van der Waals surface area contributed by atoms with Crippen LogP contribution in [0.4, 0.5) is 0 Å². The Labute approximate surface area is 168 Å². The average Bonchev–Trinajstić information content (AvgIpc) is 3.22. The van der Waals surface area contributed by atoms with Crippen LogP contribution in [-0.4, -0.2) is 48.2 Å². The number of benzene rings is 1. The highest BCUT2D eigenvalue weighted by Gasteiger charge is 2.29. The molecule has 0 saturated carbocycles. The van der Waals surface area contributed by atoms with E-state index in [1.165, 1.54) is 5.69 Å². The zero-order valence-electron chi connectivity index (χ0n) is 16.6. The maximum atomic E-state index is 13.0. The number of fused-ring (bicyclic) bond motifs is 1. The minimum absolute atomic E-state index is 0.150. The average molecular weight is 397 g/mol. The Hall–Kier alpha value is -2.61. The van der Waals surface area contributed by atoms with E-state index in [0.29, 0.717) is 19.5 Å². The molecule has 2 aromatic heterocycles. The summed E-state index contributed by atoms with van der Waals surface area (Å²) < 4.78 is 3.88. The Morgan fingerprint density at radius 2 is 2.00 bits per heavy atom. The van der Waals surface area contributed by atoms with Gasteiger partial charge >= 0.3 is 0 Å². The second-order valence-corrected chi connectivity index (χ2v) is 7.91. The first kappa shape index (κ1) is 18.7. The van der Waals surface area contributed by atoms with Crippen LogP contribution in [0.1, 0.15) is 22.4 Å². The van der Waals surface area contributed by atoms with Crippen molar-refractivity contribution < 1.29 is 4.79 Å². The number of carbonyl (C=O) groups excluding carboxylic acids is 1. The molecule has 1 aliphatic rings. The first-order chi connectivity index (χ1) is 13.5. The van der Waals surface area contributed by atoms with Gasteiger partial charge in [0.15, 0.2) is 11.0 Å². The molecule has 3 heterocycles. The van der Waals surface area contributed by atoms with Crippen LogP contribution in [0.3, 0.4) is 0 Å². The van der Waals surface area contributed by atoms with Crippen molar-refractivity contribution in [1.29, 1.82) is 0 Å². The first-order valence-electron chi connectivity index (χ1n) is 9.30. The van der Waals surface area contributed by atoms with Crippen molar-refractivity contribution in [3.8, 4) is 11.5 Å². The van der Waals surface area contributed by atoms with Crippen LogP contribution in [0.25, 0.3) is 11.5 Å². The van der Waals surface area contributed by atoms with Crippen LogP contribution >= 0.6 is 11.8 Å². The molecule has 0 bridgehead atoms. The molecule has 0 fully saturated rings. The van der Waals surface area contributed by atoms with E-state index in [-0.39, 0.29) is 5.91 Å². The van der Waals surface area contributed by atoms with Gasteiger partial charge in [-0.05, 0) is 24.3 Å². The molecule has 0 spiro atoms. The van der Waals surface area contributed by atoms with Crippen LogP contribution < -0.4 is 0 Å². The molecule has 8 heteroatoms.